The predicted molar refractivity (Wildman–Crippen MR) is 147 cm³/mol. The van der Waals surface area contributed by atoms with Crippen LogP contribution in [0.25, 0.3) is 11.4 Å². The van der Waals surface area contributed by atoms with Gasteiger partial charge in [0.15, 0.2) is 17.3 Å². The van der Waals surface area contributed by atoms with Gasteiger partial charge < -0.3 is 29.1 Å². The Balaban J connectivity index is 1.91. The van der Waals surface area contributed by atoms with E-state index in [1.165, 1.54) is 26.2 Å². The fraction of sp³-hybridized carbons (Fsp3) is 0.414. The molecule has 0 bridgehead atoms. The molecule has 0 aliphatic carbocycles. The van der Waals surface area contributed by atoms with Crippen molar-refractivity contribution in [3.8, 4) is 17.2 Å². The number of rotatable bonds is 11. The quantitative estimate of drug-likeness (QED) is 0.224. The zero-order chi connectivity index (χ0) is 28.3. The third-order valence-corrected chi connectivity index (χ3v) is 7.24. The summed E-state index contributed by atoms with van der Waals surface area (Å²) < 4.78 is 18.3. The van der Waals surface area contributed by atoms with E-state index in [9.17, 15) is 14.7 Å². The molecule has 1 aliphatic rings. The zero-order valence-electron chi connectivity index (χ0n) is 23.4. The monoisotopic (exact) mass is 536 g/mol. The van der Waals surface area contributed by atoms with Gasteiger partial charge in [0.1, 0.15) is 11.3 Å². The highest BCUT2D eigenvalue weighted by atomic mass is 16.5. The molecule has 10 nitrogen and oxygen atoms in total. The standard InChI is InChI=1S/C29H36N4O6/c1-7-31(8-2)13-11-15-33-25(19-16-20(37-4)28(39-6)21(17-19)38-5)23(27(35)29(33)36)26(34)24-18(3)30-22-12-9-10-14-32(22)24/h9-10,12,14,16-17,25,34H,7-8,11,13,15H2,1-6H3/b26-23+. The van der Waals surface area contributed by atoms with Gasteiger partial charge in [0.05, 0.1) is 38.6 Å². The average molecular weight is 537 g/mol. The summed E-state index contributed by atoms with van der Waals surface area (Å²) in [5.74, 6) is -0.548. The summed E-state index contributed by atoms with van der Waals surface area (Å²) in [6.45, 7) is 8.80. The minimum atomic E-state index is -0.871. The molecule has 1 fully saturated rings. The van der Waals surface area contributed by atoms with Crippen LogP contribution in [0.15, 0.2) is 42.1 Å². The van der Waals surface area contributed by atoms with Crippen molar-refractivity contribution in [2.75, 3.05) is 47.5 Å². The van der Waals surface area contributed by atoms with Crippen LogP contribution in [0.1, 0.15) is 43.3 Å². The number of methoxy groups -OCH3 is 3. The SMILES string of the molecule is CCN(CC)CCCN1C(=O)C(=O)/C(=C(/O)c2c(C)nc3ccccn23)C1c1cc(OC)c(OC)c(OC)c1. The topological polar surface area (TPSA) is 106 Å². The molecule has 1 saturated heterocycles. The highest BCUT2D eigenvalue weighted by Gasteiger charge is 2.47. The molecule has 1 amide bonds. The normalized spacial score (nSPS) is 16.9. The van der Waals surface area contributed by atoms with Crippen molar-refractivity contribution in [3.05, 3.63) is 59.1 Å². The Kier molecular flexibility index (Phi) is 8.44. The number of ketones is 1. The molecule has 4 rings (SSSR count). The molecule has 1 atom stereocenters. The number of likely N-dealkylation sites (tertiary alicyclic amines) is 1. The van der Waals surface area contributed by atoms with Crippen molar-refractivity contribution < 1.29 is 28.9 Å². The van der Waals surface area contributed by atoms with E-state index in [0.29, 0.717) is 52.8 Å². The number of carbonyl (C=O) groups excluding carboxylic acids is 2. The number of hydrogen-bond acceptors (Lipinski definition) is 8. The average Bonchev–Trinajstić information content (AvgIpc) is 3.42. The van der Waals surface area contributed by atoms with Gasteiger partial charge in [-0.2, -0.15) is 0 Å². The molecule has 1 unspecified atom stereocenters. The number of hydrogen-bond donors (Lipinski definition) is 1. The molecule has 3 heterocycles. The number of carbonyl (C=O) groups is 2. The summed E-state index contributed by atoms with van der Waals surface area (Å²) in [5, 5.41) is 11.7. The number of aryl methyl sites for hydroxylation is 1. The number of ether oxygens (including phenoxy) is 3. The van der Waals surface area contributed by atoms with Crippen LogP contribution in [-0.2, 0) is 9.59 Å². The van der Waals surface area contributed by atoms with E-state index in [4.69, 9.17) is 14.2 Å². The second kappa shape index (κ2) is 11.8. The Morgan fingerprint density at radius 2 is 1.72 bits per heavy atom. The maximum atomic E-state index is 13.6. The van der Waals surface area contributed by atoms with Gasteiger partial charge in [-0.25, -0.2) is 4.98 Å². The van der Waals surface area contributed by atoms with Gasteiger partial charge in [-0.15, -0.1) is 0 Å². The van der Waals surface area contributed by atoms with E-state index >= 15 is 0 Å². The summed E-state index contributed by atoms with van der Waals surface area (Å²) in [5.41, 5.74) is 2.07. The molecule has 39 heavy (non-hydrogen) atoms. The summed E-state index contributed by atoms with van der Waals surface area (Å²) in [4.78, 5) is 35.4. The van der Waals surface area contributed by atoms with Crippen LogP contribution in [0.3, 0.4) is 0 Å². The Morgan fingerprint density at radius 3 is 2.31 bits per heavy atom. The highest BCUT2D eigenvalue weighted by molar-refractivity contribution is 6.46. The summed E-state index contributed by atoms with van der Waals surface area (Å²) in [6, 6.07) is 8.02. The number of aromatic nitrogens is 2. The summed E-state index contributed by atoms with van der Waals surface area (Å²) >= 11 is 0. The lowest BCUT2D eigenvalue weighted by Crippen LogP contribution is -2.33. The minimum absolute atomic E-state index is 0.00846. The predicted octanol–water partition coefficient (Wildman–Crippen LogP) is 3.82. The Bertz CT molecular complexity index is 1380. The molecule has 0 spiro atoms. The smallest absolute Gasteiger partial charge is 0.295 e. The highest BCUT2D eigenvalue weighted by Crippen LogP contribution is 2.46. The number of Topliss-reactive ketones (excluding diaryl/α,β-unsaturated/α-hetero) is 1. The molecular formula is C29H36N4O6. The molecule has 208 valence electrons. The van der Waals surface area contributed by atoms with E-state index < -0.39 is 17.7 Å². The van der Waals surface area contributed by atoms with Gasteiger partial charge >= 0.3 is 0 Å². The summed E-state index contributed by atoms with van der Waals surface area (Å²) in [6.07, 6.45) is 2.42. The van der Waals surface area contributed by atoms with Gasteiger partial charge in [0.2, 0.25) is 5.75 Å². The lowest BCUT2D eigenvalue weighted by molar-refractivity contribution is -0.140. The van der Waals surface area contributed by atoms with Crippen LogP contribution in [0.5, 0.6) is 17.2 Å². The Hall–Kier alpha value is -4.05. The molecule has 0 saturated carbocycles. The van der Waals surface area contributed by atoms with Crippen molar-refractivity contribution in [3.63, 3.8) is 0 Å². The van der Waals surface area contributed by atoms with Crippen LogP contribution in [-0.4, -0.2) is 83.5 Å². The van der Waals surface area contributed by atoms with Gasteiger partial charge in [0.25, 0.3) is 11.7 Å². The molecule has 2 aromatic heterocycles. The van der Waals surface area contributed by atoms with Gasteiger partial charge in [-0.05, 0) is 62.8 Å². The van der Waals surface area contributed by atoms with Crippen molar-refractivity contribution in [1.29, 1.82) is 0 Å². The van der Waals surface area contributed by atoms with Crippen LogP contribution < -0.4 is 14.2 Å². The Labute approximate surface area is 228 Å². The number of aliphatic hydroxyl groups is 1. The maximum Gasteiger partial charge on any atom is 0.295 e. The van der Waals surface area contributed by atoms with Crippen LogP contribution in [0.4, 0.5) is 0 Å². The summed E-state index contributed by atoms with van der Waals surface area (Å²) in [7, 11) is 4.51. The molecule has 1 N–H and O–H groups in total. The van der Waals surface area contributed by atoms with Crippen molar-refractivity contribution in [2.45, 2.75) is 33.2 Å². The van der Waals surface area contributed by atoms with Crippen LogP contribution in [0, 0.1) is 6.92 Å². The number of benzene rings is 1. The number of pyridine rings is 1. The first kappa shape index (κ1) is 28.0. The fourth-order valence-corrected chi connectivity index (χ4v) is 5.25. The molecular weight excluding hydrogens is 500 g/mol. The largest absolute Gasteiger partial charge is 0.505 e. The minimum Gasteiger partial charge on any atom is -0.505 e. The van der Waals surface area contributed by atoms with Crippen molar-refractivity contribution in [2.24, 2.45) is 0 Å². The molecule has 1 aliphatic heterocycles. The molecule has 3 aromatic rings. The number of aliphatic hydroxyl groups excluding tert-OH is 1. The molecule has 1 aromatic carbocycles. The van der Waals surface area contributed by atoms with E-state index in [-0.39, 0.29) is 11.3 Å². The van der Waals surface area contributed by atoms with E-state index in [2.05, 4.69) is 23.7 Å². The number of imidazole rings is 1. The van der Waals surface area contributed by atoms with Crippen LogP contribution in [0.2, 0.25) is 0 Å². The lowest BCUT2D eigenvalue weighted by Gasteiger charge is -2.27. The molecule has 10 heteroatoms. The third-order valence-electron chi connectivity index (χ3n) is 7.24. The van der Waals surface area contributed by atoms with Crippen LogP contribution >= 0.6 is 0 Å². The van der Waals surface area contributed by atoms with Crippen molar-refractivity contribution >= 4 is 23.1 Å². The number of fused-ring (bicyclic) bond motifs is 1. The maximum absolute atomic E-state index is 13.6. The third kappa shape index (κ3) is 5.04. The second-order valence-corrected chi connectivity index (χ2v) is 9.31. The van der Waals surface area contributed by atoms with E-state index in [1.807, 2.05) is 18.2 Å². The first-order chi connectivity index (χ1) is 18.8. The number of nitrogens with zero attached hydrogens (tertiary/aromatic N) is 4. The second-order valence-electron chi connectivity index (χ2n) is 9.31. The van der Waals surface area contributed by atoms with Gasteiger partial charge in [-0.1, -0.05) is 19.9 Å². The Morgan fingerprint density at radius 1 is 1.05 bits per heavy atom. The fourth-order valence-electron chi connectivity index (χ4n) is 5.25. The lowest BCUT2D eigenvalue weighted by atomic mass is 9.95. The van der Waals surface area contributed by atoms with Crippen molar-refractivity contribution in [1.82, 2.24) is 19.2 Å². The first-order valence-corrected chi connectivity index (χ1v) is 13.1. The van der Waals surface area contributed by atoms with Gasteiger partial charge in [0, 0.05) is 12.7 Å². The van der Waals surface area contributed by atoms with E-state index in [0.717, 1.165) is 19.6 Å². The zero-order valence-corrected chi connectivity index (χ0v) is 23.4. The molecule has 0 radical (unpaired) electrons. The van der Waals surface area contributed by atoms with E-state index in [1.54, 1.807) is 29.7 Å². The first-order valence-electron chi connectivity index (χ1n) is 13.1. The number of amides is 1. The van der Waals surface area contributed by atoms with Gasteiger partial charge in [-0.3, -0.25) is 14.0 Å².